The van der Waals surface area contributed by atoms with E-state index in [4.69, 9.17) is 22.1 Å². The van der Waals surface area contributed by atoms with Crippen LogP contribution in [0.25, 0.3) is 17.0 Å². The molecule has 1 saturated heterocycles. The van der Waals surface area contributed by atoms with E-state index in [-0.39, 0.29) is 18.1 Å². The smallest absolute Gasteiger partial charge is 0.242 e. The Morgan fingerprint density at radius 2 is 2.16 bits per heavy atom. The highest BCUT2D eigenvalue weighted by Crippen LogP contribution is 2.24. The number of hydrogen-bond acceptors (Lipinski definition) is 6. The normalized spacial score (nSPS) is 18.7. The largest absolute Gasteiger partial charge is 0.398 e. The highest BCUT2D eigenvalue weighted by Gasteiger charge is 2.38. The number of nitrogen functional groups attached to an aromatic ring is 1. The number of fused-ring (bicyclic) bond motifs is 1. The second-order valence-corrected chi connectivity index (χ2v) is 9.68. The van der Waals surface area contributed by atoms with Crippen molar-refractivity contribution in [2.75, 3.05) is 32.5 Å². The number of nitrogens with zero attached hydrogens (tertiary/aromatic N) is 3. The number of aromatic nitrogens is 1. The molecule has 1 aliphatic rings. The standard InChI is InChI=1S/C24H27ClN4O2S/c1-16(31-2)23-24(30)29(13-12-28(23)11-3-4-18-6-8-22(25)32-18)15-17-5-7-19-20(26)9-10-27-21(19)14-17/h3-10,14,16,23H,11-13,15H2,1-2H3,(H2,26,27)/t16-,23+/m1/s1. The van der Waals surface area contributed by atoms with Crippen LogP contribution in [-0.2, 0) is 16.1 Å². The molecular formula is C24H27ClN4O2S. The van der Waals surface area contributed by atoms with Crippen LogP contribution in [0.3, 0.4) is 0 Å². The van der Waals surface area contributed by atoms with Crippen LogP contribution >= 0.6 is 22.9 Å². The van der Waals surface area contributed by atoms with Crippen molar-refractivity contribution >= 4 is 51.5 Å². The minimum atomic E-state index is -0.334. The molecule has 0 aliphatic carbocycles. The lowest BCUT2D eigenvalue weighted by molar-refractivity contribution is -0.148. The summed E-state index contributed by atoms with van der Waals surface area (Å²) >= 11 is 7.55. The summed E-state index contributed by atoms with van der Waals surface area (Å²) in [6, 6.07) is 11.3. The van der Waals surface area contributed by atoms with Crippen molar-refractivity contribution < 1.29 is 9.53 Å². The van der Waals surface area contributed by atoms with E-state index >= 15 is 0 Å². The monoisotopic (exact) mass is 470 g/mol. The number of carbonyl (C=O) groups excluding carboxylic acids is 1. The molecule has 6 nitrogen and oxygen atoms in total. The molecule has 0 spiro atoms. The molecule has 4 rings (SSSR count). The van der Waals surface area contributed by atoms with Gasteiger partial charge in [0.25, 0.3) is 0 Å². The Hall–Kier alpha value is -2.45. The molecule has 1 amide bonds. The van der Waals surface area contributed by atoms with Crippen LogP contribution in [0.15, 0.2) is 48.7 Å². The van der Waals surface area contributed by atoms with E-state index in [1.54, 1.807) is 19.4 Å². The zero-order valence-electron chi connectivity index (χ0n) is 18.2. The molecule has 32 heavy (non-hydrogen) atoms. The first-order chi connectivity index (χ1) is 15.5. The number of methoxy groups -OCH3 is 1. The van der Waals surface area contributed by atoms with Gasteiger partial charge in [-0.1, -0.05) is 29.8 Å². The average molecular weight is 471 g/mol. The number of hydrogen-bond donors (Lipinski definition) is 1. The number of benzene rings is 1. The number of anilines is 1. The molecule has 0 saturated carbocycles. The van der Waals surface area contributed by atoms with Crippen molar-refractivity contribution in [2.45, 2.75) is 25.6 Å². The maximum Gasteiger partial charge on any atom is 0.242 e. The van der Waals surface area contributed by atoms with Crippen LogP contribution in [0, 0.1) is 0 Å². The summed E-state index contributed by atoms with van der Waals surface area (Å²) in [4.78, 5) is 23.0. The summed E-state index contributed by atoms with van der Waals surface area (Å²) in [7, 11) is 1.65. The molecule has 1 aromatic carbocycles. The van der Waals surface area contributed by atoms with Crippen molar-refractivity contribution in [1.82, 2.24) is 14.8 Å². The van der Waals surface area contributed by atoms with Gasteiger partial charge in [-0.05, 0) is 42.8 Å². The van der Waals surface area contributed by atoms with E-state index in [2.05, 4.69) is 22.0 Å². The number of rotatable bonds is 7. The van der Waals surface area contributed by atoms with Crippen molar-refractivity contribution in [2.24, 2.45) is 0 Å². The Labute approximate surface area is 197 Å². The quantitative estimate of drug-likeness (QED) is 0.557. The van der Waals surface area contributed by atoms with Gasteiger partial charge in [0.15, 0.2) is 0 Å². The van der Waals surface area contributed by atoms with E-state index in [0.717, 1.165) is 32.2 Å². The van der Waals surface area contributed by atoms with Gasteiger partial charge in [0.1, 0.15) is 6.04 Å². The van der Waals surface area contributed by atoms with E-state index < -0.39 is 0 Å². The summed E-state index contributed by atoms with van der Waals surface area (Å²) in [5, 5.41) is 0.928. The van der Waals surface area contributed by atoms with Crippen LogP contribution in [0.5, 0.6) is 0 Å². The van der Waals surface area contributed by atoms with Gasteiger partial charge in [0.2, 0.25) is 5.91 Å². The van der Waals surface area contributed by atoms with Gasteiger partial charge in [0, 0.05) is 55.4 Å². The number of ether oxygens (including phenoxy) is 1. The topological polar surface area (TPSA) is 71.7 Å². The lowest BCUT2D eigenvalue weighted by Crippen LogP contribution is -2.60. The molecule has 168 valence electrons. The minimum absolute atomic E-state index is 0.0822. The first-order valence-electron chi connectivity index (χ1n) is 10.6. The fourth-order valence-corrected chi connectivity index (χ4v) is 5.08. The van der Waals surface area contributed by atoms with Gasteiger partial charge < -0.3 is 15.4 Å². The number of pyridine rings is 1. The first kappa shape index (κ1) is 22.7. The molecule has 8 heteroatoms. The molecule has 2 atom stereocenters. The molecule has 2 N–H and O–H groups in total. The Bertz CT molecular complexity index is 1130. The van der Waals surface area contributed by atoms with Crippen LogP contribution in [-0.4, -0.2) is 59.6 Å². The van der Waals surface area contributed by atoms with Gasteiger partial charge in [0.05, 0.1) is 16.0 Å². The second kappa shape index (κ2) is 10.0. The van der Waals surface area contributed by atoms with Crippen LogP contribution in [0.1, 0.15) is 17.4 Å². The van der Waals surface area contributed by atoms with Crippen LogP contribution in [0.2, 0.25) is 4.34 Å². The van der Waals surface area contributed by atoms with Gasteiger partial charge in [-0.2, -0.15) is 0 Å². The van der Waals surface area contributed by atoms with Crippen molar-refractivity contribution in [1.29, 1.82) is 0 Å². The van der Waals surface area contributed by atoms with Crippen LogP contribution in [0.4, 0.5) is 5.69 Å². The predicted molar refractivity (Wildman–Crippen MR) is 132 cm³/mol. The van der Waals surface area contributed by atoms with Gasteiger partial charge in [-0.3, -0.25) is 14.7 Å². The SMILES string of the molecule is CO[C@H](C)[C@H]1C(=O)N(Cc2ccc3c(N)ccnc3c2)CCN1CC=Cc1ccc(Cl)s1. The third kappa shape index (κ3) is 4.96. The number of amides is 1. The Morgan fingerprint density at radius 1 is 1.31 bits per heavy atom. The summed E-state index contributed by atoms with van der Waals surface area (Å²) in [5.41, 5.74) is 8.62. The van der Waals surface area contributed by atoms with E-state index in [0.29, 0.717) is 25.3 Å². The number of carbonyl (C=O) groups is 1. The average Bonchev–Trinajstić information content (AvgIpc) is 3.20. The summed E-state index contributed by atoms with van der Waals surface area (Å²) in [6.45, 7) is 4.60. The fourth-order valence-electron chi connectivity index (χ4n) is 4.09. The molecule has 2 aromatic heterocycles. The summed E-state index contributed by atoms with van der Waals surface area (Å²) in [5.74, 6) is 0.0822. The summed E-state index contributed by atoms with van der Waals surface area (Å²) < 4.78 is 6.34. The minimum Gasteiger partial charge on any atom is -0.398 e. The zero-order chi connectivity index (χ0) is 22.7. The van der Waals surface area contributed by atoms with Gasteiger partial charge in [-0.15, -0.1) is 11.3 Å². The maximum atomic E-state index is 13.4. The van der Waals surface area contributed by atoms with Crippen molar-refractivity contribution in [3.05, 3.63) is 63.4 Å². The fraction of sp³-hybridized carbons (Fsp3) is 0.333. The zero-order valence-corrected chi connectivity index (χ0v) is 19.8. The van der Waals surface area contributed by atoms with E-state index in [9.17, 15) is 4.79 Å². The molecule has 1 aliphatic heterocycles. The third-order valence-corrected chi connectivity index (χ3v) is 7.06. The highest BCUT2D eigenvalue weighted by atomic mass is 35.5. The van der Waals surface area contributed by atoms with Crippen LogP contribution < -0.4 is 5.73 Å². The summed E-state index contributed by atoms with van der Waals surface area (Å²) in [6.07, 6.45) is 5.63. The molecule has 0 bridgehead atoms. The first-order valence-corrected chi connectivity index (χ1v) is 11.8. The van der Waals surface area contributed by atoms with Gasteiger partial charge >= 0.3 is 0 Å². The number of thiophene rings is 1. The number of halogens is 1. The van der Waals surface area contributed by atoms with E-state index in [1.807, 2.05) is 42.2 Å². The van der Waals surface area contributed by atoms with Crippen molar-refractivity contribution in [3.63, 3.8) is 0 Å². The lowest BCUT2D eigenvalue weighted by Gasteiger charge is -2.42. The molecule has 3 aromatic rings. The molecular weight excluding hydrogens is 444 g/mol. The number of piperazine rings is 1. The third-order valence-electron chi connectivity index (χ3n) is 5.86. The Balaban J connectivity index is 1.47. The molecule has 0 unspecified atom stereocenters. The predicted octanol–water partition coefficient (Wildman–Crippen LogP) is 4.29. The Kier molecular flexibility index (Phi) is 7.10. The lowest BCUT2D eigenvalue weighted by atomic mass is 10.0. The Morgan fingerprint density at radius 3 is 2.91 bits per heavy atom. The molecule has 1 fully saturated rings. The molecule has 3 heterocycles. The maximum absolute atomic E-state index is 13.4. The molecule has 0 radical (unpaired) electrons. The van der Waals surface area contributed by atoms with Crippen molar-refractivity contribution in [3.8, 4) is 0 Å². The number of nitrogens with two attached hydrogens (primary N) is 1. The van der Waals surface area contributed by atoms with Gasteiger partial charge in [-0.25, -0.2) is 0 Å². The highest BCUT2D eigenvalue weighted by molar-refractivity contribution is 7.16. The second-order valence-electron chi connectivity index (χ2n) is 7.94. The van der Waals surface area contributed by atoms with E-state index in [1.165, 1.54) is 11.3 Å².